The van der Waals surface area contributed by atoms with Crippen LogP contribution >= 0.6 is 0 Å². The Morgan fingerprint density at radius 1 is 0.667 bits per heavy atom. The molecule has 0 unspecified atom stereocenters. The molecule has 0 aliphatic carbocycles. The minimum Gasteiger partial charge on any atom is -0.497 e. The second-order valence-electron chi connectivity index (χ2n) is 6.27. The zero-order chi connectivity index (χ0) is 21.3. The van der Waals surface area contributed by atoms with Gasteiger partial charge < -0.3 is 24.8 Å². The number of carbonyl (C=O) groups excluding carboxylic acids is 2. The second-order valence-corrected chi connectivity index (χ2v) is 6.27. The number of hydrogen-bond acceptors (Lipinski definition) is 5. The Balaban J connectivity index is 1.50. The van der Waals surface area contributed by atoms with Crippen molar-refractivity contribution in [2.24, 2.45) is 0 Å². The molecule has 0 atom stereocenters. The first kappa shape index (κ1) is 20.7. The Morgan fingerprint density at radius 3 is 1.70 bits per heavy atom. The van der Waals surface area contributed by atoms with E-state index in [4.69, 9.17) is 14.2 Å². The molecule has 2 N–H and O–H groups in total. The Bertz CT molecular complexity index is 984. The SMILES string of the molecule is COc1ccc(NC(=O)c2ccc(NC(=O)COc3ccc(OC)cc3)cc2)cc1. The summed E-state index contributed by atoms with van der Waals surface area (Å²) in [6.45, 7) is -0.133. The van der Waals surface area contributed by atoms with E-state index in [2.05, 4.69) is 10.6 Å². The third-order valence-electron chi connectivity index (χ3n) is 4.21. The maximum atomic E-state index is 12.3. The van der Waals surface area contributed by atoms with E-state index in [-0.39, 0.29) is 18.4 Å². The molecule has 2 amide bonds. The molecule has 3 aromatic rings. The van der Waals surface area contributed by atoms with Gasteiger partial charge in [0.25, 0.3) is 11.8 Å². The summed E-state index contributed by atoms with van der Waals surface area (Å²) in [4.78, 5) is 24.4. The van der Waals surface area contributed by atoms with Gasteiger partial charge in [0.1, 0.15) is 17.2 Å². The normalized spacial score (nSPS) is 10.1. The van der Waals surface area contributed by atoms with Gasteiger partial charge >= 0.3 is 0 Å². The van der Waals surface area contributed by atoms with E-state index < -0.39 is 0 Å². The zero-order valence-electron chi connectivity index (χ0n) is 16.7. The van der Waals surface area contributed by atoms with E-state index in [0.29, 0.717) is 34.2 Å². The lowest BCUT2D eigenvalue weighted by Gasteiger charge is -2.09. The highest BCUT2D eigenvalue weighted by molar-refractivity contribution is 6.04. The van der Waals surface area contributed by atoms with Gasteiger partial charge in [-0.3, -0.25) is 9.59 Å². The van der Waals surface area contributed by atoms with Crippen molar-refractivity contribution in [3.8, 4) is 17.2 Å². The summed E-state index contributed by atoms with van der Waals surface area (Å²) in [6, 6.07) is 20.6. The quantitative estimate of drug-likeness (QED) is 0.591. The van der Waals surface area contributed by atoms with Crippen LogP contribution in [0.5, 0.6) is 17.2 Å². The van der Waals surface area contributed by atoms with Crippen LogP contribution in [-0.2, 0) is 4.79 Å². The summed E-state index contributed by atoms with van der Waals surface area (Å²) in [5.41, 5.74) is 1.70. The molecule has 0 radical (unpaired) electrons. The fourth-order valence-electron chi connectivity index (χ4n) is 2.60. The summed E-state index contributed by atoms with van der Waals surface area (Å²) in [7, 11) is 3.16. The number of anilines is 2. The lowest BCUT2D eigenvalue weighted by molar-refractivity contribution is -0.118. The van der Waals surface area contributed by atoms with Crippen molar-refractivity contribution in [3.05, 3.63) is 78.4 Å². The Morgan fingerprint density at radius 2 is 1.13 bits per heavy atom. The molecule has 0 aromatic heterocycles. The van der Waals surface area contributed by atoms with Crippen molar-refractivity contribution in [2.45, 2.75) is 0 Å². The van der Waals surface area contributed by atoms with Crippen molar-refractivity contribution in [1.82, 2.24) is 0 Å². The van der Waals surface area contributed by atoms with Crippen LogP contribution in [0.4, 0.5) is 11.4 Å². The number of benzene rings is 3. The van der Waals surface area contributed by atoms with Crippen molar-refractivity contribution in [2.75, 3.05) is 31.5 Å². The Kier molecular flexibility index (Phi) is 6.89. The number of nitrogens with one attached hydrogen (secondary N) is 2. The van der Waals surface area contributed by atoms with Crippen molar-refractivity contribution in [1.29, 1.82) is 0 Å². The van der Waals surface area contributed by atoms with E-state index >= 15 is 0 Å². The van der Waals surface area contributed by atoms with Gasteiger partial charge in [-0.25, -0.2) is 0 Å². The number of amides is 2. The molecule has 3 aromatic carbocycles. The molecule has 0 aliphatic rings. The molecule has 0 bridgehead atoms. The molecule has 0 heterocycles. The van der Waals surface area contributed by atoms with Crippen LogP contribution in [0.15, 0.2) is 72.8 Å². The summed E-state index contributed by atoms with van der Waals surface area (Å²) in [6.07, 6.45) is 0. The van der Waals surface area contributed by atoms with Gasteiger partial charge in [0.2, 0.25) is 0 Å². The van der Waals surface area contributed by atoms with Gasteiger partial charge in [-0.15, -0.1) is 0 Å². The van der Waals surface area contributed by atoms with Crippen LogP contribution in [0.3, 0.4) is 0 Å². The van der Waals surface area contributed by atoms with Crippen LogP contribution in [0.1, 0.15) is 10.4 Å². The first-order chi connectivity index (χ1) is 14.6. The predicted octanol–water partition coefficient (Wildman–Crippen LogP) is 3.97. The smallest absolute Gasteiger partial charge is 0.262 e. The van der Waals surface area contributed by atoms with Gasteiger partial charge in [-0.05, 0) is 72.8 Å². The van der Waals surface area contributed by atoms with Gasteiger partial charge in [0, 0.05) is 16.9 Å². The van der Waals surface area contributed by atoms with Crippen molar-refractivity contribution >= 4 is 23.2 Å². The molecule has 30 heavy (non-hydrogen) atoms. The standard InChI is InChI=1S/C23H22N2O5/c1-28-19-9-7-18(8-10-19)25-23(27)16-3-5-17(6-4-16)24-22(26)15-30-21-13-11-20(29-2)12-14-21/h3-14H,15H2,1-2H3,(H,24,26)(H,25,27). The van der Waals surface area contributed by atoms with E-state index in [9.17, 15) is 9.59 Å². The molecule has 0 saturated heterocycles. The molecular weight excluding hydrogens is 384 g/mol. The van der Waals surface area contributed by atoms with Gasteiger partial charge in [0.05, 0.1) is 14.2 Å². The summed E-state index contributed by atoms with van der Waals surface area (Å²) in [5.74, 6) is 1.44. The Hall–Kier alpha value is -4.00. The first-order valence-electron chi connectivity index (χ1n) is 9.19. The van der Waals surface area contributed by atoms with Crippen molar-refractivity contribution in [3.63, 3.8) is 0 Å². The van der Waals surface area contributed by atoms with E-state index in [1.54, 1.807) is 87.0 Å². The third-order valence-corrected chi connectivity index (χ3v) is 4.21. The summed E-state index contributed by atoms with van der Waals surface area (Å²) < 4.78 is 15.6. The third kappa shape index (κ3) is 5.75. The number of ether oxygens (including phenoxy) is 3. The largest absolute Gasteiger partial charge is 0.497 e. The zero-order valence-corrected chi connectivity index (χ0v) is 16.7. The highest BCUT2D eigenvalue weighted by Gasteiger charge is 2.08. The van der Waals surface area contributed by atoms with Gasteiger partial charge in [0.15, 0.2) is 6.61 Å². The predicted molar refractivity (Wildman–Crippen MR) is 115 cm³/mol. The molecule has 0 spiro atoms. The second kappa shape index (κ2) is 9.97. The topological polar surface area (TPSA) is 85.9 Å². The number of rotatable bonds is 8. The molecule has 0 aliphatic heterocycles. The molecule has 7 heteroatoms. The van der Waals surface area contributed by atoms with Crippen molar-refractivity contribution < 1.29 is 23.8 Å². The van der Waals surface area contributed by atoms with Crippen LogP contribution in [0, 0.1) is 0 Å². The lowest BCUT2D eigenvalue weighted by atomic mass is 10.2. The van der Waals surface area contributed by atoms with E-state index in [1.165, 1.54) is 0 Å². The Labute approximate surface area is 174 Å². The van der Waals surface area contributed by atoms with Crippen LogP contribution in [0.2, 0.25) is 0 Å². The maximum Gasteiger partial charge on any atom is 0.262 e. The molecule has 154 valence electrons. The van der Waals surface area contributed by atoms with E-state index in [1.807, 2.05) is 0 Å². The highest BCUT2D eigenvalue weighted by atomic mass is 16.5. The molecule has 3 rings (SSSR count). The molecule has 7 nitrogen and oxygen atoms in total. The van der Waals surface area contributed by atoms with Crippen LogP contribution in [-0.4, -0.2) is 32.6 Å². The fraction of sp³-hybridized carbons (Fsp3) is 0.130. The number of methoxy groups -OCH3 is 2. The minimum atomic E-state index is -0.304. The minimum absolute atomic E-state index is 0.133. The van der Waals surface area contributed by atoms with Crippen LogP contribution in [0.25, 0.3) is 0 Å². The van der Waals surface area contributed by atoms with Crippen LogP contribution < -0.4 is 24.8 Å². The lowest BCUT2D eigenvalue weighted by Crippen LogP contribution is -2.20. The summed E-state index contributed by atoms with van der Waals surface area (Å²) >= 11 is 0. The first-order valence-corrected chi connectivity index (χ1v) is 9.19. The average molecular weight is 406 g/mol. The fourth-order valence-corrected chi connectivity index (χ4v) is 2.60. The summed E-state index contributed by atoms with van der Waals surface area (Å²) in [5, 5.41) is 5.53. The molecule has 0 saturated carbocycles. The van der Waals surface area contributed by atoms with Gasteiger partial charge in [-0.2, -0.15) is 0 Å². The highest BCUT2D eigenvalue weighted by Crippen LogP contribution is 2.18. The molecular formula is C23H22N2O5. The monoisotopic (exact) mass is 406 g/mol. The number of hydrogen-bond donors (Lipinski definition) is 2. The maximum absolute atomic E-state index is 12.3. The van der Waals surface area contributed by atoms with E-state index in [0.717, 1.165) is 0 Å². The average Bonchev–Trinajstić information content (AvgIpc) is 2.79. The number of carbonyl (C=O) groups is 2. The van der Waals surface area contributed by atoms with Gasteiger partial charge in [-0.1, -0.05) is 0 Å². The molecule has 0 fully saturated rings.